The Balaban J connectivity index is 1.06. The van der Waals surface area contributed by atoms with Gasteiger partial charge in [0.2, 0.25) is 0 Å². The standard InChI is InChI=1S/C51H32N4S/c1-3-13-33(14-4-1)34-25-27-36(28-26-34)50-52-49(35-15-5-2-6-16-35)53-51(54-50)38-17-11-18-39(31-38)55-45-23-9-7-19-41(45)42-30-29-37(32-46(42)55)40-21-12-22-44-43-20-8-10-24-47(43)56-48(40)44/h1-32H. The SMILES string of the molecule is c1ccc(-c2ccc(-c3nc(-c4ccccc4)nc(-c4cccc(-n5c6ccccc6c6ccc(-c7cccc8c7sc7ccccc78)cc65)c4)n3)cc2)cc1. The summed E-state index contributed by atoms with van der Waals surface area (Å²) >= 11 is 1.87. The maximum absolute atomic E-state index is 5.12. The van der Waals surface area contributed by atoms with Crippen LogP contribution in [0.5, 0.6) is 0 Å². The number of para-hydroxylation sites is 1. The summed E-state index contributed by atoms with van der Waals surface area (Å²) in [7, 11) is 0. The minimum Gasteiger partial charge on any atom is -0.309 e. The van der Waals surface area contributed by atoms with E-state index in [4.69, 9.17) is 15.0 Å². The van der Waals surface area contributed by atoms with Crippen LogP contribution >= 0.6 is 11.3 Å². The van der Waals surface area contributed by atoms with Crippen molar-refractivity contribution in [3.05, 3.63) is 194 Å². The highest BCUT2D eigenvalue weighted by molar-refractivity contribution is 7.26. The maximum Gasteiger partial charge on any atom is 0.164 e. The monoisotopic (exact) mass is 732 g/mol. The average Bonchev–Trinajstić information content (AvgIpc) is 3.83. The lowest BCUT2D eigenvalue weighted by molar-refractivity contribution is 1.07. The Kier molecular flexibility index (Phi) is 7.64. The van der Waals surface area contributed by atoms with Gasteiger partial charge in [0.25, 0.3) is 0 Å². The molecule has 56 heavy (non-hydrogen) atoms. The molecule has 3 heterocycles. The molecule has 4 nitrogen and oxygen atoms in total. The fourth-order valence-corrected chi connectivity index (χ4v) is 9.21. The van der Waals surface area contributed by atoms with E-state index in [-0.39, 0.29) is 0 Å². The normalized spacial score (nSPS) is 11.6. The highest BCUT2D eigenvalue weighted by Gasteiger charge is 2.18. The van der Waals surface area contributed by atoms with E-state index < -0.39 is 0 Å². The van der Waals surface area contributed by atoms with Gasteiger partial charge >= 0.3 is 0 Å². The van der Waals surface area contributed by atoms with Crippen LogP contribution < -0.4 is 0 Å². The summed E-state index contributed by atoms with van der Waals surface area (Å²) in [5.74, 6) is 1.90. The molecule has 5 heteroatoms. The highest BCUT2D eigenvalue weighted by atomic mass is 32.1. The topological polar surface area (TPSA) is 43.6 Å². The molecule has 11 aromatic rings. The van der Waals surface area contributed by atoms with Crippen molar-refractivity contribution in [2.75, 3.05) is 0 Å². The summed E-state index contributed by atoms with van der Waals surface area (Å²) in [6, 6.07) is 68.6. The van der Waals surface area contributed by atoms with Crippen LogP contribution in [0.4, 0.5) is 0 Å². The third-order valence-electron chi connectivity index (χ3n) is 10.7. The van der Waals surface area contributed by atoms with Gasteiger partial charge in [-0.15, -0.1) is 11.3 Å². The molecule has 0 unspecified atom stereocenters. The first-order valence-electron chi connectivity index (χ1n) is 18.8. The minimum atomic E-state index is 0.626. The zero-order valence-electron chi connectivity index (χ0n) is 30.2. The van der Waals surface area contributed by atoms with Gasteiger partial charge in [0.1, 0.15) is 0 Å². The number of fused-ring (bicyclic) bond motifs is 6. The molecule has 0 fully saturated rings. The lowest BCUT2D eigenvalue weighted by Gasteiger charge is -2.12. The van der Waals surface area contributed by atoms with Crippen LogP contribution in [0, 0.1) is 0 Å². The van der Waals surface area contributed by atoms with Crippen molar-refractivity contribution in [1.82, 2.24) is 19.5 Å². The summed E-state index contributed by atoms with van der Waals surface area (Å²) < 4.78 is 5.00. The Labute approximate surface area is 327 Å². The van der Waals surface area contributed by atoms with Crippen molar-refractivity contribution in [3.8, 4) is 62.1 Å². The molecule has 0 aliphatic rings. The first kappa shape index (κ1) is 32.2. The van der Waals surface area contributed by atoms with Crippen LogP contribution in [-0.2, 0) is 0 Å². The third kappa shape index (κ3) is 5.48. The van der Waals surface area contributed by atoms with Crippen LogP contribution in [0.25, 0.3) is 104 Å². The van der Waals surface area contributed by atoms with Crippen molar-refractivity contribution in [2.24, 2.45) is 0 Å². The smallest absolute Gasteiger partial charge is 0.164 e. The fourth-order valence-electron chi connectivity index (χ4n) is 7.97. The van der Waals surface area contributed by atoms with Crippen LogP contribution in [0.3, 0.4) is 0 Å². The Morgan fingerprint density at radius 1 is 0.339 bits per heavy atom. The molecular formula is C51H32N4S. The largest absolute Gasteiger partial charge is 0.309 e. The van der Waals surface area contributed by atoms with Gasteiger partial charge in [-0.05, 0) is 52.6 Å². The van der Waals surface area contributed by atoms with Crippen LogP contribution in [0.2, 0.25) is 0 Å². The quantitative estimate of drug-likeness (QED) is 0.171. The summed E-state index contributed by atoms with van der Waals surface area (Å²) in [6.45, 7) is 0. The van der Waals surface area contributed by atoms with E-state index in [1.165, 1.54) is 47.6 Å². The molecule has 0 bridgehead atoms. The van der Waals surface area contributed by atoms with Crippen molar-refractivity contribution in [1.29, 1.82) is 0 Å². The van der Waals surface area contributed by atoms with E-state index >= 15 is 0 Å². The molecule has 0 radical (unpaired) electrons. The molecule has 0 N–H and O–H groups in total. The first-order chi connectivity index (χ1) is 27.7. The lowest BCUT2D eigenvalue weighted by atomic mass is 10.0. The van der Waals surface area contributed by atoms with Gasteiger partial charge in [0.15, 0.2) is 17.5 Å². The average molecular weight is 733 g/mol. The highest BCUT2D eigenvalue weighted by Crippen LogP contribution is 2.42. The number of thiophene rings is 1. The zero-order chi connectivity index (χ0) is 37.0. The van der Waals surface area contributed by atoms with Crippen LogP contribution in [0.1, 0.15) is 0 Å². The van der Waals surface area contributed by atoms with E-state index in [0.29, 0.717) is 17.5 Å². The molecule has 262 valence electrons. The lowest BCUT2D eigenvalue weighted by Crippen LogP contribution is -2.01. The van der Waals surface area contributed by atoms with Crippen LogP contribution in [0.15, 0.2) is 194 Å². The van der Waals surface area contributed by atoms with E-state index in [9.17, 15) is 0 Å². The Morgan fingerprint density at radius 3 is 1.66 bits per heavy atom. The van der Waals surface area contributed by atoms with Gasteiger partial charge < -0.3 is 4.57 Å². The second-order valence-corrected chi connectivity index (χ2v) is 15.1. The number of benzene rings is 8. The predicted octanol–water partition coefficient (Wildman–Crippen LogP) is 13.7. The number of nitrogens with zero attached hydrogens (tertiary/aromatic N) is 4. The van der Waals surface area contributed by atoms with Crippen molar-refractivity contribution in [2.45, 2.75) is 0 Å². The summed E-state index contributed by atoms with van der Waals surface area (Å²) in [4.78, 5) is 15.2. The van der Waals surface area contributed by atoms with Gasteiger partial charge in [0.05, 0.1) is 11.0 Å². The second kappa shape index (κ2) is 13.3. The molecule has 0 atom stereocenters. The second-order valence-electron chi connectivity index (χ2n) is 14.0. The molecule has 0 saturated carbocycles. The Hall–Kier alpha value is -7.21. The molecule has 11 rings (SSSR count). The van der Waals surface area contributed by atoms with Gasteiger partial charge in [-0.2, -0.15) is 0 Å². The molecule has 3 aromatic heterocycles. The molecule has 0 aliphatic heterocycles. The first-order valence-corrected chi connectivity index (χ1v) is 19.6. The zero-order valence-corrected chi connectivity index (χ0v) is 31.0. The Morgan fingerprint density at radius 2 is 0.875 bits per heavy atom. The van der Waals surface area contributed by atoms with E-state index in [0.717, 1.165) is 39.0 Å². The van der Waals surface area contributed by atoms with Gasteiger partial charge in [0, 0.05) is 53.3 Å². The number of rotatable bonds is 6. The predicted molar refractivity (Wildman–Crippen MR) is 234 cm³/mol. The molecular weight excluding hydrogens is 701 g/mol. The molecule has 8 aromatic carbocycles. The minimum absolute atomic E-state index is 0.626. The van der Waals surface area contributed by atoms with Crippen LogP contribution in [-0.4, -0.2) is 19.5 Å². The molecule has 0 amide bonds. The van der Waals surface area contributed by atoms with E-state index in [1.54, 1.807) is 0 Å². The number of hydrogen-bond donors (Lipinski definition) is 0. The fraction of sp³-hybridized carbons (Fsp3) is 0. The summed E-state index contributed by atoms with van der Waals surface area (Å²) in [6.07, 6.45) is 0. The van der Waals surface area contributed by atoms with Crippen molar-refractivity contribution >= 4 is 53.3 Å². The molecule has 0 spiro atoms. The summed E-state index contributed by atoms with van der Waals surface area (Å²) in [5.41, 5.74) is 10.9. The third-order valence-corrected chi connectivity index (χ3v) is 11.9. The van der Waals surface area contributed by atoms with Gasteiger partial charge in [-0.1, -0.05) is 164 Å². The van der Waals surface area contributed by atoms with Gasteiger partial charge in [-0.3, -0.25) is 0 Å². The molecule has 0 saturated heterocycles. The van der Waals surface area contributed by atoms with E-state index in [2.05, 4.69) is 162 Å². The molecule has 0 aliphatic carbocycles. The number of hydrogen-bond acceptors (Lipinski definition) is 4. The number of aromatic nitrogens is 4. The maximum atomic E-state index is 5.12. The Bertz CT molecular complexity index is 3240. The van der Waals surface area contributed by atoms with Crippen molar-refractivity contribution < 1.29 is 0 Å². The van der Waals surface area contributed by atoms with Gasteiger partial charge in [-0.25, -0.2) is 15.0 Å². The summed E-state index contributed by atoms with van der Waals surface area (Å²) in [5, 5.41) is 5.04. The van der Waals surface area contributed by atoms with E-state index in [1.807, 2.05) is 47.7 Å². The van der Waals surface area contributed by atoms with Crippen molar-refractivity contribution in [3.63, 3.8) is 0 Å².